The van der Waals surface area contributed by atoms with E-state index in [2.05, 4.69) is 12.2 Å². The van der Waals surface area contributed by atoms with E-state index in [1.807, 2.05) is 4.90 Å². The minimum Gasteiger partial charge on any atom is -0.395 e. The van der Waals surface area contributed by atoms with Crippen molar-refractivity contribution in [3.05, 3.63) is 0 Å². The maximum Gasteiger partial charge on any atom is 0.227 e. The molecule has 1 amide bonds. The molecule has 4 heteroatoms. The van der Waals surface area contributed by atoms with Crippen molar-refractivity contribution < 1.29 is 9.90 Å². The Balaban J connectivity index is 2.01. The van der Waals surface area contributed by atoms with Gasteiger partial charge in [0.1, 0.15) is 0 Å². The average Bonchev–Trinajstić information content (AvgIpc) is 2.95. The number of aliphatic hydroxyl groups is 1. The van der Waals surface area contributed by atoms with E-state index in [0.29, 0.717) is 12.6 Å². The molecule has 1 aliphatic heterocycles. The van der Waals surface area contributed by atoms with Crippen molar-refractivity contribution in [2.24, 2.45) is 5.92 Å². The molecule has 0 radical (unpaired) electrons. The van der Waals surface area contributed by atoms with E-state index in [9.17, 15) is 4.79 Å². The molecule has 0 aromatic heterocycles. The summed E-state index contributed by atoms with van der Waals surface area (Å²) < 4.78 is 0. The molecule has 17 heavy (non-hydrogen) atoms. The summed E-state index contributed by atoms with van der Waals surface area (Å²) in [5.74, 6) is 0.366. The molecule has 2 rings (SSSR count). The Morgan fingerprint density at radius 2 is 2.06 bits per heavy atom. The van der Waals surface area contributed by atoms with Crippen molar-refractivity contribution in [1.29, 1.82) is 0 Å². The number of amides is 1. The maximum absolute atomic E-state index is 12.5. The molecule has 1 saturated heterocycles. The number of carbonyl (C=O) groups excluding carboxylic acids is 1. The molecule has 2 unspecified atom stereocenters. The molecular formula is C13H24N2O2. The summed E-state index contributed by atoms with van der Waals surface area (Å²) in [5.41, 5.74) is 0. The lowest BCUT2D eigenvalue weighted by Gasteiger charge is -2.31. The van der Waals surface area contributed by atoms with E-state index in [1.54, 1.807) is 0 Å². The van der Waals surface area contributed by atoms with E-state index in [1.165, 1.54) is 12.8 Å². The van der Waals surface area contributed by atoms with E-state index in [0.717, 1.165) is 25.8 Å². The first-order chi connectivity index (χ1) is 8.24. The average molecular weight is 240 g/mol. The van der Waals surface area contributed by atoms with E-state index >= 15 is 0 Å². The van der Waals surface area contributed by atoms with Gasteiger partial charge in [-0.15, -0.1) is 0 Å². The molecule has 0 aromatic rings. The highest BCUT2D eigenvalue weighted by Crippen LogP contribution is 2.27. The predicted molar refractivity (Wildman–Crippen MR) is 66.6 cm³/mol. The zero-order valence-electron chi connectivity index (χ0n) is 10.7. The van der Waals surface area contributed by atoms with Crippen LogP contribution in [-0.4, -0.2) is 47.7 Å². The van der Waals surface area contributed by atoms with Gasteiger partial charge in [-0.1, -0.05) is 12.8 Å². The Kier molecular flexibility index (Phi) is 4.40. The standard InChI is InChI=1S/C13H24N2O2/c1-10-12(6-7-14-10)13(17)15(8-9-16)11-4-2-3-5-11/h10-12,14,16H,2-9H2,1H3. The van der Waals surface area contributed by atoms with Crippen LogP contribution in [0.3, 0.4) is 0 Å². The summed E-state index contributed by atoms with van der Waals surface area (Å²) in [7, 11) is 0. The first-order valence-corrected chi connectivity index (χ1v) is 6.88. The van der Waals surface area contributed by atoms with Crippen LogP contribution >= 0.6 is 0 Å². The Labute approximate surface area is 103 Å². The first-order valence-electron chi connectivity index (χ1n) is 6.88. The summed E-state index contributed by atoms with van der Waals surface area (Å²) in [6.45, 7) is 3.61. The van der Waals surface area contributed by atoms with Gasteiger partial charge in [-0.3, -0.25) is 4.79 Å². The molecule has 4 nitrogen and oxygen atoms in total. The maximum atomic E-state index is 12.5. The highest BCUT2D eigenvalue weighted by atomic mass is 16.3. The third-order valence-corrected chi connectivity index (χ3v) is 4.23. The van der Waals surface area contributed by atoms with Gasteiger partial charge in [0, 0.05) is 18.6 Å². The fourth-order valence-electron chi connectivity index (χ4n) is 3.21. The van der Waals surface area contributed by atoms with Crippen molar-refractivity contribution in [3.63, 3.8) is 0 Å². The van der Waals surface area contributed by atoms with Crippen LogP contribution < -0.4 is 5.32 Å². The minimum absolute atomic E-state index is 0.0801. The Hall–Kier alpha value is -0.610. The van der Waals surface area contributed by atoms with Crippen LogP contribution in [0.1, 0.15) is 39.0 Å². The predicted octanol–water partition coefficient (Wildman–Crippen LogP) is 0.748. The Bertz CT molecular complexity index is 264. The monoisotopic (exact) mass is 240 g/mol. The molecule has 98 valence electrons. The zero-order chi connectivity index (χ0) is 12.3. The molecule has 2 aliphatic rings. The number of nitrogens with zero attached hydrogens (tertiary/aromatic N) is 1. The highest BCUT2D eigenvalue weighted by Gasteiger charge is 2.35. The van der Waals surface area contributed by atoms with Crippen LogP contribution in [0, 0.1) is 5.92 Å². The van der Waals surface area contributed by atoms with Gasteiger partial charge in [0.05, 0.1) is 12.5 Å². The molecule has 2 fully saturated rings. The summed E-state index contributed by atoms with van der Waals surface area (Å²) in [4.78, 5) is 14.5. The van der Waals surface area contributed by atoms with Crippen LogP contribution in [0.25, 0.3) is 0 Å². The van der Waals surface area contributed by atoms with Gasteiger partial charge < -0.3 is 15.3 Å². The Morgan fingerprint density at radius 3 is 2.59 bits per heavy atom. The molecule has 2 N–H and O–H groups in total. The summed E-state index contributed by atoms with van der Waals surface area (Å²) in [6.07, 6.45) is 5.60. The summed E-state index contributed by atoms with van der Waals surface area (Å²) in [5, 5.41) is 12.5. The zero-order valence-corrected chi connectivity index (χ0v) is 10.7. The second-order valence-corrected chi connectivity index (χ2v) is 5.33. The molecule has 1 heterocycles. The number of nitrogens with one attached hydrogen (secondary N) is 1. The van der Waals surface area contributed by atoms with Crippen LogP contribution in [-0.2, 0) is 4.79 Å². The fraction of sp³-hybridized carbons (Fsp3) is 0.923. The van der Waals surface area contributed by atoms with E-state index in [-0.39, 0.29) is 24.5 Å². The minimum atomic E-state index is 0.0801. The Morgan fingerprint density at radius 1 is 1.35 bits per heavy atom. The number of aliphatic hydroxyl groups excluding tert-OH is 1. The van der Waals surface area contributed by atoms with Gasteiger partial charge in [-0.2, -0.15) is 0 Å². The number of carbonyl (C=O) groups is 1. The van der Waals surface area contributed by atoms with E-state index in [4.69, 9.17) is 5.11 Å². The summed E-state index contributed by atoms with van der Waals surface area (Å²) in [6, 6.07) is 0.660. The number of hydrogen-bond acceptors (Lipinski definition) is 3. The van der Waals surface area contributed by atoms with Gasteiger partial charge in [0.25, 0.3) is 0 Å². The molecule has 0 spiro atoms. The largest absolute Gasteiger partial charge is 0.395 e. The molecule has 0 aromatic carbocycles. The lowest BCUT2D eigenvalue weighted by molar-refractivity contribution is -0.138. The molecule has 1 saturated carbocycles. The van der Waals surface area contributed by atoms with Gasteiger partial charge >= 0.3 is 0 Å². The van der Waals surface area contributed by atoms with Crippen molar-refractivity contribution in [1.82, 2.24) is 10.2 Å². The van der Waals surface area contributed by atoms with Crippen molar-refractivity contribution in [2.75, 3.05) is 19.7 Å². The normalized spacial score (nSPS) is 29.8. The molecular weight excluding hydrogens is 216 g/mol. The first kappa shape index (κ1) is 12.8. The van der Waals surface area contributed by atoms with Crippen LogP contribution in [0.4, 0.5) is 0 Å². The smallest absolute Gasteiger partial charge is 0.227 e. The number of hydrogen-bond donors (Lipinski definition) is 2. The van der Waals surface area contributed by atoms with Crippen LogP contribution in [0.5, 0.6) is 0 Å². The van der Waals surface area contributed by atoms with E-state index < -0.39 is 0 Å². The molecule has 2 atom stereocenters. The SMILES string of the molecule is CC1NCCC1C(=O)N(CCO)C1CCCC1. The van der Waals surface area contributed by atoms with Gasteiger partial charge in [-0.05, 0) is 32.7 Å². The summed E-state index contributed by atoms with van der Waals surface area (Å²) >= 11 is 0. The molecule has 1 aliphatic carbocycles. The quantitative estimate of drug-likeness (QED) is 0.762. The third-order valence-electron chi connectivity index (χ3n) is 4.23. The lowest BCUT2D eigenvalue weighted by atomic mass is 9.99. The highest BCUT2D eigenvalue weighted by molar-refractivity contribution is 5.80. The van der Waals surface area contributed by atoms with Crippen LogP contribution in [0.2, 0.25) is 0 Å². The van der Waals surface area contributed by atoms with Crippen molar-refractivity contribution >= 4 is 5.91 Å². The van der Waals surface area contributed by atoms with Gasteiger partial charge in [0.15, 0.2) is 0 Å². The van der Waals surface area contributed by atoms with Crippen molar-refractivity contribution in [3.8, 4) is 0 Å². The lowest BCUT2D eigenvalue weighted by Crippen LogP contribution is -2.46. The second-order valence-electron chi connectivity index (χ2n) is 5.33. The van der Waals surface area contributed by atoms with Gasteiger partial charge in [-0.25, -0.2) is 0 Å². The third kappa shape index (κ3) is 2.80. The fourth-order valence-corrected chi connectivity index (χ4v) is 3.21. The molecule has 0 bridgehead atoms. The number of rotatable bonds is 4. The van der Waals surface area contributed by atoms with Crippen LogP contribution in [0.15, 0.2) is 0 Å². The second kappa shape index (κ2) is 5.83. The van der Waals surface area contributed by atoms with Crippen molar-refractivity contribution in [2.45, 2.75) is 51.1 Å². The van der Waals surface area contributed by atoms with Gasteiger partial charge in [0.2, 0.25) is 5.91 Å². The topological polar surface area (TPSA) is 52.6 Å².